The molecule has 108 valence electrons. The van der Waals surface area contributed by atoms with E-state index >= 15 is 0 Å². The lowest BCUT2D eigenvalue weighted by molar-refractivity contribution is 0.0448. The number of hydrogen-bond acceptors (Lipinski definition) is 3. The zero-order chi connectivity index (χ0) is 14.5. The van der Waals surface area contributed by atoms with Crippen LogP contribution in [0.5, 0.6) is 5.75 Å². The van der Waals surface area contributed by atoms with Gasteiger partial charge in [-0.1, -0.05) is 12.1 Å². The summed E-state index contributed by atoms with van der Waals surface area (Å²) in [6.07, 6.45) is 1.60. The average molecular weight is 265 g/mol. The molecule has 1 aromatic rings. The first kappa shape index (κ1) is 16.0. The molecule has 0 saturated carbocycles. The van der Waals surface area contributed by atoms with Crippen LogP contribution < -0.4 is 10.1 Å². The summed E-state index contributed by atoms with van der Waals surface area (Å²) in [5.74, 6) is 0.866. The predicted molar refractivity (Wildman–Crippen MR) is 79.7 cm³/mol. The fourth-order valence-electron chi connectivity index (χ4n) is 1.75. The first-order chi connectivity index (χ1) is 8.72. The van der Waals surface area contributed by atoms with Crippen molar-refractivity contribution in [1.82, 2.24) is 5.32 Å². The summed E-state index contributed by atoms with van der Waals surface area (Å²) in [6.45, 7) is 8.80. The number of ether oxygens (including phenoxy) is 1. The molecule has 19 heavy (non-hydrogen) atoms. The first-order valence-corrected chi connectivity index (χ1v) is 6.82. The number of aryl methyl sites for hydroxylation is 1. The van der Waals surface area contributed by atoms with E-state index in [0.717, 1.165) is 18.6 Å². The molecule has 0 aliphatic heterocycles. The number of rotatable bonds is 6. The normalized spacial score (nSPS) is 15.1. The molecule has 2 N–H and O–H groups in total. The molecular formula is C16H27NO2. The molecule has 0 bridgehead atoms. The second-order valence-corrected chi connectivity index (χ2v) is 6.45. The maximum absolute atomic E-state index is 10.4. The van der Waals surface area contributed by atoms with Crippen LogP contribution >= 0.6 is 0 Å². The van der Waals surface area contributed by atoms with Gasteiger partial charge in [-0.2, -0.15) is 0 Å². The molecule has 3 nitrogen and oxygen atoms in total. The molecule has 0 aliphatic carbocycles. The number of β-amino-alcohol motifs (C(OH)–C–C–N with tert-alkyl or cyclic N) is 1. The van der Waals surface area contributed by atoms with Crippen LogP contribution in [0.2, 0.25) is 0 Å². The van der Waals surface area contributed by atoms with Gasteiger partial charge in [0.25, 0.3) is 0 Å². The van der Waals surface area contributed by atoms with Gasteiger partial charge in [-0.25, -0.2) is 0 Å². The van der Waals surface area contributed by atoms with Crippen molar-refractivity contribution in [3.8, 4) is 5.75 Å². The van der Waals surface area contributed by atoms with Crippen molar-refractivity contribution in [2.45, 2.75) is 51.7 Å². The van der Waals surface area contributed by atoms with Crippen LogP contribution in [-0.2, 0) is 6.42 Å². The maximum atomic E-state index is 10.4. The van der Waals surface area contributed by atoms with Crippen molar-refractivity contribution < 1.29 is 9.84 Å². The van der Waals surface area contributed by atoms with Crippen LogP contribution in [0, 0.1) is 0 Å². The van der Waals surface area contributed by atoms with Gasteiger partial charge in [0.15, 0.2) is 0 Å². The SMILES string of the molecule is COc1ccc(CCC(C)(O)CNC(C)(C)C)cc1. The third-order valence-electron chi connectivity index (χ3n) is 3.11. The monoisotopic (exact) mass is 265 g/mol. The van der Waals surface area contributed by atoms with E-state index in [9.17, 15) is 5.11 Å². The van der Waals surface area contributed by atoms with E-state index in [-0.39, 0.29) is 5.54 Å². The summed E-state index contributed by atoms with van der Waals surface area (Å²) in [5.41, 5.74) is 0.564. The Balaban J connectivity index is 2.45. The Morgan fingerprint density at radius 3 is 2.16 bits per heavy atom. The van der Waals surface area contributed by atoms with Gasteiger partial charge in [0, 0.05) is 12.1 Å². The topological polar surface area (TPSA) is 41.5 Å². The molecule has 0 aliphatic rings. The third kappa shape index (κ3) is 6.60. The number of benzene rings is 1. The average Bonchev–Trinajstić information content (AvgIpc) is 2.34. The van der Waals surface area contributed by atoms with Crippen molar-refractivity contribution in [2.75, 3.05) is 13.7 Å². The molecule has 0 fully saturated rings. The van der Waals surface area contributed by atoms with Crippen molar-refractivity contribution in [3.05, 3.63) is 29.8 Å². The summed E-state index contributed by atoms with van der Waals surface area (Å²) < 4.78 is 5.13. The smallest absolute Gasteiger partial charge is 0.118 e. The van der Waals surface area contributed by atoms with Gasteiger partial charge in [-0.05, 0) is 58.2 Å². The zero-order valence-electron chi connectivity index (χ0n) is 12.8. The Hall–Kier alpha value is -1.06. The largest absolute Gasteiger partial charge is 0.497 e. The van der Waals surface area contributed by atoms with E-state index < -0.39 is 5.60 Å². The van der Waals surface area contributed by atoms with E-state index in [1.54, 1.807) is 7.11 Å². The van der Waals surface area contributed by atoms with Gasteiger partial charge < -0.3 is 15.2 Å². The maximum Gasteiger partial charge on any atom is 0.118 e. The molecule has 0 radical (unpaired) electrons. The molecule has 0 aromatic heterocycles. The minimum Gasteiger partial charge on any atom is -0.497 e. The van der Waals surface area contributed by atoms with Crippen molar-refractivity contribution in [1.29, 1.82) is 0 Å². The second kappa shape index (κ2) is 6.40. The summed E-state index contributed by atoms with van der Waals surface area (Å²) in [6, 6.07) is 8.01. The molecule has 1 atom stereocenters. The van der Waals surface area contributed by atoms with E-state index in [2.05, 4.69) is 26.1 Å². The molecule has 0 heterocycles. The van der Waals surface area contributed by atoms with Crippen molar-refractivity contribution in [3.63, 3.8) is 0 Å². The van der Waals surface area contributed by atoms with Crippen LogP contribution in [0.4, 0.5) is 0 Å². The fourth-order valence-corrected chi connectivity index (χ4v) is 1.75. The van der Waals surface area contributed by atoms with E-state index in [1.165, 1.54) is 5.56 Å². The second-order valence-electron chi connectivity index (χ2n) is 6.45. The summed E-state index contributed by atoms with van der Waals surface area (Å²) in [4.78, 5) is 0. The lowest BCUT2D eigenvalue weighted by Crippen LogP contribution is -2.46. The Bertz CT molecular complexity index is 377. The van der Waals surface area contributed by atoms with Crippen LogP contribution in [0.1, 0.15) is 39.7 Å². The molecule has 0 saturated heterocycles. The molecule has 0 spiro atoms. The fraction of sp³-hybridized carbons (Fsp3) is 0.625. The van der Waals surface area contributed by atoms with Gasteiger partial charge in [-0.15, -0.1) is 0 Å². The van der Waals surface area contributed by atoms with Gasteiger partial charge in [0.2, 0.25) is 0 Å². The Kier molecular flexibility index (Phi) is 5.39. The van der Waals surface area contributed by atoms with Crippen molar-refractivity contribution in [2.24, 2.45) is 0 Å². The van der Waals surface area contributed by atoms with Crippen LogP contribution in [0.3, 0.4) is 0 Å². The highest BCUT2D eigenvalue weighted by molar-refractivity contribution is 5.27. The summed E-state index contributed by atoms with van der Waals surface area (Å²) >= 11 is 0. The van der Waals surface area contributed by atoms with E-state index in [1.807, 2.05) is 31.2 Å². The van der Waals surface area contributed by atoms with Gasteiger partial charge in [0.05, 0.1) is 12.7 Å². The Labute approximate surface area is 117 Å². The number of aliphatic hydroxyl groups is 1. The summed E-state index contributed by atoms with van der Waals surface area (Å²) in [7, 11) is 1.66. The molecule has 1 unspecified atom stereocenters. The van der Waals surface area contributed by atoms with Crippen LogP contribution in [-0.4, -0.2) is 29.9 Å². The number of hydrogen-bond donors (Lipinski definition) is 2. The standard InChI is InChI=1S/C16H27NO2/c1-15(2,3)17-12-16(4,18)11-10-13-6-8-14(19-5)9-7-13/h6-9,17-18H,10-12H2,1-5H3. The zero-order valence-corrected chi connectivity index (χ0v) is 12.8. The highest BCUT2D eigenvalue weighted by Crippen LogP contribution is 2.17. The van der Waals surface area contributed by atoms with E-state index in [0.29, 0.717) is 6.54 Å². The predicted octanol–water partition coefficient (Wildman–Crippen LogP) is 2.77. The highest BCUT2D eigenvalue weighted by Gasteiger charge is 2.22. The molecule has 0 amide bonds. The molecule has 1 aromatic carbocycles. The molecule has 1 rings (SSSR count). The lowest BCUT2D eigenvalue weighted by Gasteiger charge is -2.29. The first-order valence-electron chi connectivity index (χ1n) is 6.82. The Morgan fingerprint density at radius 1 is 1.11 bits per heavy atom. The van der Waals surface area contributed by atoms with E-state index in [4.69, 9.17) is 4.74 Å². The third-order valence-corrected chi connectivity index (χ3v) is 3.11. The van der Waals surface area contributed by atoms with Crippen LogP contribution in [0.15, 0.2) is 24.3 Å². The number of nitrogens with one attached hydrogen (secondary N) is 1. The molecular weight excluding hydrogens is 238 g/mol. The number of methoxy groups -OCH3 is 1. The lowest BCUT2D eigenvalue weighted by atomic mass is 9.95. The Morgan fingerprint density at radius 2 is 1.68 bits per heavy atom. The molecule has 3 heteroatoms. The van der Waals surface area contributed by atoms with Crippen LogP contribution in [0.25, 0.3) is 0 Å². The summed E-state index contributed by atoms with van der Waals surface area (Å²) in [5, 5.41) is 13.7. The van der Waals surface area contributed by atoms with Gasteiger partial charge in [-0.3, -0.25) is 0 Å². The minimum atomic E-state index is -0.687. The van der Waals surface area contributed by atoms with Gasteiger partial charge >= 0.3 is 0 Å². The quantitative estimate of drug-likeness (QED) is 0.831. The van der Waals surface area contributed by atoms with Gasteiger partial charge in [0.1, 0.15) is 5.75 Å². The highest BCUT2D eigenvalue weighted by atomic mass is 16.5. The minimum absolute atomic E-state index is 0.0318. The van der Waals surface area contributed by atoms with Crippen molar-refractivity contribution >= 4 is 0 Å².